The molecule has 2 heterocycles. The van der Waals surface area contributed by atoms with Crippen LogP contribution in [0.3, 0.4) is 0 Å². The highest BCUT2D eigenvalue weighted by molar-refractivity contribution is 5.94. The van der Waals surface area contributed by atoms with Gasteiger partial charge in [-0.3, -0.25) is 4.79 Å². The molecule has 1 unspecified atom stereocenters. The van der Waals surface area contributed by atoms with Crippen molar-refractivity contribution in [2.24, 2.45) is 5.92 Å². The molecule has 0 aromatic heterocycles. The van der Waals surface area contributed by atoms with Crippen LogP contribution in [-0.2, 0) is 0 Å². The van der Waals surface area contributed by atoms with Gasteiger partial charge in [-0.05, 0) is 62.0 Å². The molecule has 1 atom stereocenters. The van der Waals surface area contributed by atoms with Gasteiger partial charge in [0.25, 0.3) is 5.91 Å². The van der Waals surface area contributed by atoms with Crippen molar-refractivity contribution in [3.63, 3.8) is 0 Å². The van der Waals surface area contributed by atoms with Gasteiger partial charge in [-0.15, -0.1) is 0 Å². The lowest BCUT2D eigenvalue weighted by Crippen LogP contribution is -2.35. The fourth-order valence-corrected chi connectivity index (χ4v) is 4.06. The van der Waals surface area contributed by atoms with E-state index in [1.165, 1.54) is 0 Å². The Morgan fingerprint density at radius 3 is 2.63 bits per heavy atom. The molecule has 6 heteroatoms. The molecule has 156 valence electrons. The van der Waals surface area contributed by atoms with Gasteiger partial charge in [-0.2, -0.15) is 5.26 Å². The predicted molar refractivity (Wildman–Crippen MR) is 117 cm³/mol. The Morgan fingerprint density at radius 1 is 1.23 bits per heavy atom. The van der Waals surface area contributed by atoms with Crippen molar-refractivity contribution < 1.29 is 9.53 Å². The molecule has 2 aromatic carbocycles. The monoisotopic (exact) mass is 404 g/mol. The van der Waals surface area contributed by atoms with E-state index in [-0.39, 0.29) is 18.1 Å². The van der Waals surface area contributed by atoms with E-state index in [0.29, 0.717) is 17.0 Å². The summed E-state index contributed by atoms with van der Waals surface area (Å²) in [6, 6.07) is 13.5. The van der Waals surface area contributed by atoms with Crippen LogP contribution in [0.4, 0.5) is 5.69 Å². The number of rotatable bonds is 5. The number of hydrogen-bond donors (Lipinski definition) is 3. The molecular formula is C24H28N4O2. The Balaban J connectivity index is 1.42. The molecule has 2 aliphatic heterocycles. The first-order valence-corrected chi connectivity index (χ1v) is 10.6. The molecule has 1 saturated heterocycles. The summed E-state index contributed by atoms with van der Waals surface area (Å²) in [6.45, 7) is 6.96. The molecule has 3 N–H and O–H groups in total. The third kappa shape index (κ3) is 4.27. The summed E-state index contributed by atoms with van der Waals surface area (Å²) in [4.78, 5) is 12.5. The van der Waals surface area contributed by atoms with Crippen LogP contribution in [0.15, 0.2) is 36.4 Å². The Labute approximate surface area is 177 Å². The van der Waals surface area contributed by atoms with Gasteiger partial charge in [0.2, 0.25) is 0 Å². The minimum Gasteiger partial charge on any atom is -0.464 e. The number of carbonyl (C=O) groups is 1. The molecule has 30 heavy (non-hydrogen) atoms. The molecule has 0 bridgehead atoms. The number of piperidine rings is 1. The molecule has 1 amide bonds. The van der Waals surface area contributed by atoms with Crippen molar-refractivity contribution in [1.82, 2.24) is 10.6 Å². The summed E-state index contributed by atoms with van der Waals surface area (Å²) in [6.07, 6.45) is 1.88. The maximum atomic E-state index is 12.5. The van der Waals surface area contributed by atoms with E-state index < -0.39 is 0 Å². The topological polar surface area (TPSA) is 86.2 Å². The average molecular weight is 405 g/mol. The van der Waals surface area contributed by atoms with E-state index >= 15 is 0 Å². The number of nitrogens with zero attached hydrogens (tertiary/aromatic N) is 1. The van der Waals surface area contributed by atoms with Gasteiger partial charge in [-0.25, -0.2) is 0 Å². The fourth-order valence-electron chi connectivity index (χ4n) is 4.06. The van der Waals surface area contributed by atoms with Crippen molar-refractivity contribution >= 4 is 11.6 Å². The molecule has 4 rings (SSSR count). The van der Waals surface area contributed by atoms with E-state index in [4.69, 9.17) is 4.74 Å². The predicted octanol–water partition coefficient (Wildman–Crippen LogP) is 3.91. The van der Waals surface area contributed by atoms with Crippen LogP contribution in [0.2, 0.25) is 0 Å². The van der Waals surface area contributed by atoms with Gasteiger partial charge >= 0.3 is 0 Å². The smallest absolute Gasteiger partial charge is 0.251 e. The molecular weight excluding hydrogens is 376 g/mol. The van der Waals surface area contributed by atoms with Crippen LogP contribution in [0.5, 0.6) is 5.75 Å². The van der Waals surface area contributed by atoms with E-state index in [0.717, 1.165) is 55.0 Å². The van der Waals surface area contributed by atoms with Crippen LogP contribution in [-0.4, -0.2) is 25.5 Å². The van der Waals surface area contributed by atoms with Gasteiger partial charge in [0.1, 0.15) is 5.75 Å². The zero-order chi connectivity index (χ0) is 21.1. The summed E-state index contributed by atoms with van der Waals surface area (Å²) in [5.74, 6) is 1.57. The number of ether oxygens (including phenoxy) is 1. The lowest BCUT2D eigenvalue weighted by atomic mass is 9.98. The Morgan fingerprint density at radius 2 is 1.97 bits per heavy atom. The third-order valence-corrected chi connectivity index (χ3v) is 5.88. The van der Waals surface area contributed by atoms with E-state index in [2.05, 4.69) is 35.9 Å². The summed E-state index contributed by atoms with van der Waals surface area (Å²) in [7, 11) is 0. The number of amides is 1. The van der Waals surface area contributed by atoms with Crippen LogP contribution < -0.4 is 20.7 Å². The maximum Gasteiger partial charge on any atom is 0.251 e. The number of nitriles is 1. The first-order chi connectivity index (χ1) is 14.5. The molecule has 6 nitrogen and oxygen atoms in total. The SMILES string of the molecule is CC(C)c1cc(C#N)cc2c1OC(c1ccc(C(=O)NCC3CCNCC3)cc1)N2. The number of nitrogens with one attached hydrogen (secondary N) is 3. The Kier molecular flexibility index (Phi) is 5.91. The highest BCUT2D eigenvalue weighted by Gasteiger charge is 2.27. The number of benzene rings is 2. The van der Waals surface area contributed by atoms with Crippen LogP contribution in [0, 0.1) is 17.2 Å². The lowest BCUT2D eigenvalue weighted by molar-refractivity contribution is 0.0944. The molecule has 0 radical (unpaired) electrons. The van der Waals surface area contributed by atoms with Crippen molar-refractivity contribution in [2.45, 2.75) is 38.8 Å². The summed E-state index contributed by atoms with van der Waals surface area (Å²) < 4.78 is 6.19. The highest BCUT2D eigenvalue weighted by Crippen LogP contribution is 2.43. The maximum absolute atomic E-state index is 12.5. The van der Waals surface area contributed by atoms with E-state index in [9.17, 15) is 10.1 Å². The third-order valence-electron chi connectivity index (χ3n) is 5.88. The largest absolute Gasteiger partial charge is 0.464 e. The standard InChI is InChI=1S/C24H28N4O2/c1-15(2)20-11-17(13-25)12-21-22(20)30-24(28-21)19-5-3-18(4-6-19)23(29)27-14-16-7-9-26-10-8-16/h3-6,11-12,15-16,24,26,28H,7-10,14H2,1-2H3,(H,27,29). The quantitative estimate of drug-likeness (QED) is 0.703. The minimum absolute atomic E-state index is 0.0376. The Hall–Kier alpha value is -3.04. The summed E-state index contributed by atoms with van der Waals surface area (Å²) in [5, 5.41) is 19.1. The van der Waals surface area contributed by atoms with Crippen LogP contribution in [0.1, 0.15) is 65.9 Å². The van der Waals surface area contributed by atoms with E-state index in [1.54, 1.807) is 0 Å². The zero-order valence-electron chi connectivity index (χ0n) is 17.5. The number of fused-ring (bicyclic) bond motifs is 1. The number of anilines is 1. The number of carbonyl (C=O) groups excluding carboxylic acids is 1. The molecule has 2 aromatic rings. The van der Waals surface area contributed by atoms with Gasteiger partial charge < -0.3 is 20.7 Å². The molecule has 2 aliphatic rings. The first kappa shape index (κ1) is 20.2. The first-order valence-electron chi connectivity index (χ1n) is 10.6. The van der Waals surface area contributed by atoms with Gasteiger partial charge in [0.15, 0.2) is 6.23 Å². The van der Waals surface area contributed by atoms with Crippen LogP contribution in [0.25, 0.3) is 0 Å². The molecule has 0 aliphatic carbocycles. The zero-order valence-corrected chi connectivity index (χ0v) is 17.5. The van der Waals surface area contributed by atoms with Crippen molar-refractivity contribution in [2.75, 3.05) is 25.0 Å². The summed E-state index contributed by atoms with van der Waals surface area (Å²) in [5.41, 5.74) is 4.07. The van der Waals surface area contributed by atoms with Crippen molar-refractivity contribution in [1.29, 1.82) is 5.26 Å². The molecule has 0 saturated carbocycles. The summed E-state index contributed by atoms with van der Waals surface area (Å²) >= 11 is 0. The van der Waals surface area contributed by atoms with E-state index in [1.807, 2.05) is 36.4 Å². The molecule has 1 fully saturated rings. The Bertz CT molecular complexity index is 956. The average Bonchev–Trinajstić information content (AvgIpc) is 3.21. The van der Waals surface area contributed by atoms with Gasteiger partial charge in [0, 0.05) is 23.2 Å². The van der Waals surface area contributed by atoms with Gasteiger partial charge in [-0.1, -0.05) is 26.0 Å². The lowest BCUT2D eigenvalue weighted by Gasteiger charge is -2.22. The van der Waals surface area contributed by atoms with Crippen molar-refractivity contribution in [3.05, 3.63) is 58.7 Å². The van der Waals surface area contributed by atoms with Gasteiger partial charge in [0.05, 0.1) is 17.3 Å². The molecule has 0 spiro atoms. The number of hydrogen-bond acceptors (Lipinski definition) is 5. The van der Waals surface area contributed by atoms with Crippen molar-refractivity contribution in [3.8, 4) is 11.8 Å². The minimum atomic E-state index is -0.335. The second-order valence-electron chi connectivity index (χ2n) is 8.38. The highest BCUT2D eigenvalue weighted by atomic mass is 16.5. The normalized spacial score (nSPS) is 18.3. The second-order valence-corrected chi connectivity index (χ2v) is 8.38. The second kappa shape index (κ2) is 8.76. The van der Waals surface area contributed by atoms with Crippen LogP contribution >= 0.6 is 0 Å². The fraction of sp³-hybridized carbons (Fsp3) is 0.417.